The van der Waals surface area contributed by atoms with Crippen molar-refractivity contribution in [1.82, 2.24) is 9.55 Å². The predicted molar refractivity (Wildman–Crippen MR) is 54.5 cm³/mol. The third-order valence-electron chi connectivity index (χ3n) is 2.42. The van der Waals surface area contributed by atoms with Gasteiger partial charge in [0.2, 0.25) is 0 Å². The van der Waals surface area contributed by atoms with E-state index in [0.717, 1.165) is 31.6 Å². The van der Waals surface area contributed by atoms with Crippen LogP contribution in [0.1, 0.15) is 32.0 Å². The fourth-order valence-corrected chi connectivity index (χ4v) is 1.37. The van der Waals surface area contributed by atoms with Gasteiger partial charge in [-0.05, 0) is 26.2 Å². The van der Waals surface area contributed by atoms with Crippen molar-refractivity contribution in [3.8, 4) is 0 Å². The van der Waals surface area contributed by atoms with Gasteiger partial charge in [0.15, 0.2) is 0 Å². The Morgan fingerprint density at radius 3 is 2.92 bits per heavy atom. The van der Waals surface area contributed by atoms with Crippen LogP contribution in [-0.4, -0.2) is 15.6 Å². The molecule has 0 amide bonds. The van der Waals surface area contributed by atoms with E-state index in [-0.39, 0.29) is 0 Å². The highest BCUT2D eigenvalue weighted by Crippen LogP contribution is 2.03. The fourth-order valence-electron chi connectivity index (χ4n) is 1.37. The van der Waals surface area contributed by atoms with Gasteiger partial charge in [-0.3, -0.25) is 0 Å². The van der Waals surface area contributed by atoms with Gasteiger partial charge in [-0.15, -0.1) is 0 Å². The molecule has 74 valence electrons. The maximum atomic E-state index is 5.83. The van der Waals surface area contributed by atoms with Crippen molar-refractivity contribution in [1.29, 1.82) is 0 Å². The Bertz CT molecular complexity index is 242. The summed E-state index contributed by atoms with van der Waals surface area (Å²) in [5.74, 6) is 1.09. The smallest absolute Gasteiger partial charge is 0.105 e. The summed E-state index contributed by atoms with van der Waals surface area (Å²) in [7, 11) is 0. The molecule has 13 heavy (non-hydrogen) atoms. The molecule has 1 atom stereocenters. The van der Waals surface area contributed by atoms with Crippen molar-refractivity contribution >= 4 is 0 Å². The Balaban J connectivity index is 2.24. The molecule has 0 fully saturated rings. The monoisotopic (exact) mass is 181 g/mol. The van der Waals surface area contributed by atoms with Crippen molar-refractivity contribution in [2.24, 2.45) is 5.73 Å². The summed E-state index contributed by atoms with van der Waals surface area (Å²) >= 11 is 0. The molecule has 3 heteroatoms. The minimum absolute atomic E-state index is 0.365. The summed E-state index contributed by atoms with van der Waals surface area (Å²) in [6.45, 7) is 5.20. The molecular weight excluding hydrogens is 162 g/mol. The van der Waals surface area contributed by atoms with Gasteiger partial charge in [-0.2, -0.15) is 0 Å². The largest absolute Gasteiger partial charge is 0.335 e. The summed E-state index contributed by atoms with van der Waals surface area (Å²) < 4.78 is 2.17. The third kappa shape index (κ3) is 3.19. The van der Waals surface area contributed by atoms with E-state index in [2.05, 4.69) is 16.5 Å². The first-order valence-corrected chi connectivity index (χ1v) is 4.97. The second kappa shape index (κ2) is 5.02. The van der Waals surface area contributed by atoms with Gasteiger partial charge in [-0.1, -0.05) is 6.92 Å². The van der Waals surface area contributed by atoms with Gasteiger partial charge in [0.05, 0.1) is 0 Å². The average molecular weight is 181 g/mol. The Kier molecular flexibility index (Phi) is 3.96. The number of hydrogen-bond donors (Lipinski definition) is 1. The van der Waals surface area contributed by atoms with Crippen LogP contribution in [0.25, 0.3) is 0 Å². The molecule has 0 aliphatic rings. The van der Waals surface area contributed by atoms with Gasteiger partial charge >= 0.3 is 0 Å². The van der Waals surface area contributed by atoms with Crippen LogP contribution in [-0.2, 0) is 6.54 Å². The maximum absolute atomic E-state index is 5.83. The number of nitrogens with two attached hydrogens (primary N) is 1. The summed E-state index contributed by atoms with van der Waals surface area (Å²) in [6.07, 6.45) is 7.19. The molecule has 3 nitrogen and oxygen atoms in total. The molecule has 1 aromatic rings. The maximum Gasteiger partial charge on any atom is 0.105 e. The summed E-state index contributed by atoms with van der Waals surface area (Å²) in [4.78, 5) is 4.17. The Hall–Kier alpha value is -0.830. The molecule has 0 aliphatic heterocycles. The minimum Gasteiger partial charge on any atom is -0.335 e. The van der Waals surface area contributed by atoms with E-state index in [1.54, 1.807) is 0 Å². The van der Waals surface area contributed by atoms with E-state index in [0.29, 0.717) is 6.04 Å². The summed E-state index contributed by atoms with van der Waals surface area (Å²) in [5, 5.41) is 0. The van der Waals surface area contributed by atoms with Gasteiger partial charge in [0.1, 0.15) is 5.82 Å². The number of imidazole rings is 1. The number of hydrogen-bond acceptors (Lipinski definition) is 2. The van der Waals surface area contributed by atoms with Crippen LogP contribution in [0.5, 0.6) is 0 Å². The first-order chi connectivity index (χ1) is 6.24. The van der Waals surface area contributed by atoms with Gasteiger partial charge in [-0.25, -0.2) is 4.98 Å². The molecule has 0 bridgehead atoms. The molecular formula is C10H19N3. The van der Waals surface area contributed by atoms with E-state index >= 15 is 0 Å². The van der Waals surface area contributed by atoms with Crippen molar-refractivity contribution in [2.45, 2.75) is 45.7 Å². The molecule has 1 rings (SSSR count). The van der Waals surface area contributed by atoms with Gasteiger partial charge in [0, 0.05) is 25.0 Å². The second-order valence-corrected chi connectivity index (χ2v) is 3.48. The van der Waals surface area contributed by atoms with Crippen molar-refractivity contribution < 1.29 is 0 Å². The first kappa shape index (κ1) is 10.3. The molecule has 1 heterocycles. The Morgan fingerprint density at radius 2 is 2.38 bits per heavy atom. The van der Waals surface area contributed by atoms with Gasteiger partial charge < -0.3 is 10.3 Å². The van der Waals surface area contributed by atoms with E-state index in [1.165, 1.54) is 0 Å². The SMILES string of the molecule is CCC(N)CCCn1ccnc1C. The first-order valence-electron chi connectivity index (χ1n) is 4.97. The number of rotatable bonds is 5. The van der Waals surface area contributed by atoms with Crippen LogP contribution in [0.3, 0.4) is 0 Å². The molecule has 1 unspecified atom stereocenters. The minimum atomic E-state index is 0.365. The highest BCUT2D eigenvalue weighted by molar-refractivity contribution is 4.88. The number of aryl methyl sites for hydroxylation is 2. The lowest BCUT2D eigenvalue weighted by atomic mass is 10.1. The van der Waals surface area contributed by atoms with Crippen molar-refractivity contribution in [3.63, 3.8) is 0 Å². The zero-order valence-corrected chi connectivity index (χ0v) is 8.53. The fraction of sp³-hybridized carbons (Fsp3) is 0.700. The third-order valence-corrected chi connectivity index (χ3v) is 2.42. The lowest BCUT2D eigenvalue weighted by molar-refractivity contribution is 0.520. The molecule has 0 aromatic carbocycles. The highest BCUT2D eigenvalue weighted by Gasteiger charge is 2.00. The zero-order chi connectivity index (χ0) is 9.68. The van der Waals surface area contributed by atoms with Crippen LogP contribution >= 0.6 is 0 Å². The molecule has 0 radical (unpaired) electrons. The molecule has 0 saturated heterocycles. The lowest BCUT2D eigenvalue weighted by Crippen LogP contribution is -2.18. The lowest BCUT2D eigenvalue weighted by Gasteiger charge is -2.09. The Morgan fingerprint density at radius 1 is 1.62 bits per heavy atom. The van der Waals surface area contributed by atoms with Crippen LogP contribution in [0.2, 0.25) is 0 Å². The van der Waals surface area contributed by atoms with E-state index in [9.17, 15) is 0 Å². The van der Waals surface area contributed by atoms with E-state index in [1.807, 2.05) is 19.3 Å². The Labute approximate surface area is 80.0 Å². The van der Waals surface area contributed by atoms with Crippen molar-refractivity contribution in [2.75, 3.05) is 0 Å². The van der Waals surface area contributed by atoms with E-state index < -0.39 is 0 Å². The highest BCUT2D eigenvalue weighted by atomic mass is 15.0. The van der Waals surface area contributed by atoms with E-state index in [4.69, 9.17) is 5.73 Å². The molecule has 2 N–H and O–H groups in total. The number of aromatic nitrogens is 2. The summed E-state index contributed by atoms with van der Waals surface area (Å²) in [5.41, 5.74) is 5.83. The molecule has 0 saturated carbocycles. The normalized spacial score (nSPS) is 13.2. The number of nitrogens with zero attached hydrogens (tertiary/aromatic N) is 2. The standard InChI is InChI=1S/C10H19N3/c1-3-10(11)5-4-7-13-8-6-12-9(13)2/h6,8,10H,3-5,7,11H2,1-2H3. The van der Waals surface area contributed by atoms with Crippen LogP contribution in [0.15, 0.2) is 12.4 Å². The van der Waals surface area contributed by atoms with Gasteiger partial charge in [0.25, 0.3) is 0 Å². The molecule has 1 aromatic heterocycles. The van der Waals surface area contributed by atoms with Crippen LogP contribution in [0.4, 0.5) is 0 Å². The molecule has 0 aliphatic carbocycles. The second-order valence-electron chi connectivity index (χ2n) is 3.48. The average Bonchev–Trinajstić information content (AvgIpc) is 2.52. The quantitative estimate of drug-likeness (QED) is 0.751. The van der Waals surface area contributed by atoms with Crippen LogP contribution in [0, 0.1) is 6.92 Å². The van der Waals surface area contributed by atoms with Crippen molar-refractivity contribution in [3.05, 3.63) is 18.2 Å². The van der Waals surface area contributed by atoms with Crippen LogP contribution < -0.4 is 5.73 Å². The predicted octanol–water partition coefficient (Wildman–Crippen LogP) is 1.71. The molecule has 0 spiro atoms. The topological polar surface area (TPSA) is 43.8 Å². The zero-order valence-electron chi connectivity index (χ0n) is 8.53. The summed E-state index contributed by atoms with van der Waals surface area (Å²) in [6, 6.07) is 0.365.